The number of aromatic nitrogens is 6. The van der Waals surface area contributed by atoms with Crippen molar-refractivity contribution in [3.05, 3.63) is 78.6 Å². The van der Waals surface area contributed by atoms with Crippen LogP contribution in [0.2, 0.25) is 5.28 Å². The van der Waals surface area contributed by atoms with Gasteiger partial charge in [-0.1, -0.05) is 12.1 Å². The van der Waals surface area contributed by atoms with Crippen LogP contribution in [-0.2, 0) is 20.0 Å². The highest BCUT2D eigenvalue weighted by Crippen LogP contribution is 2.20. The molecule has 2 aliphatic rings. The van der Waals surface area contributed by atoms with Gasteiger partial charge < -0.3 is 10.2 Å². The molecule has 2 aliphatic heterocycles. The van der Waals surface area contributed by atoms with Crippen molar-refractivity contribution in [3.8, 4) is 22.8 Å². The molecule has 14 nitrogen and oxygen atoms in total. The maximum absolute atomic E-state index is 11.3. The number of nitrogens with zero attached hydrogens (tertiary/aromatic N) is 7. The van der Waals surface area contributed by atoms with Gasteiger partial charge in [0.25, 0.3) is 0 Å². The summed E-state index contributed by atoms with van der Waals surface area (Å²) in [5, 5.41) is 3.40. The van der Waals surface area contributed by atoms with Crippen molar-refractivity contribution in [3.63, 3.8) is 0 Å². The summed E-state index contributed by atoms with van der Waals surface area (Å²) in [6.45, 7) is 3.26. The molecule has 0 radical (unpaired) electrons. The van der Waals surface area contributed by atoms with Gasteiger partial charge in [0, 0.05) is 50.0 Å². The monoisotopic (exact) mass is 702 g/mol. The summed E-state index contributed by atoms with van der Waals surface area (Å²) >= 11 is 5.64. The molecule has 0 saturated carbocycles. The summed E-state index contributed by atoms with van der Waals surface area (Å²) in [4.78, 5) is 27.3. The Bertz CT molecular complexity index is 1760. The van der Waals surface area contributed by atoms with Gasteiger partial charge in [-0.25, -0.2) is 46.2 Å². The topological polar surface area (TPSA) is 185 Å². The molecule has 47 heavy (non-hydrogen) atoms. The highest BCUT2D eigenvalue weighted by atomic mass is 35.5. The van der Waals surface area contributed by atoms with Crippen LogP contribution < -0.4 is 19.7 Å². The molecule has 6 rings (SSSR count). The molecule has 3 N–H and O–H groups in total. The Labute approximate surface area is 281 Å². The first-order chi connectivity index (χ1) is 22.4. The zero-order valence-electron chi connectivity index (χ0n) is 26.2. The van der Waals surface area contributed by atoms with Crippen LogP contribution in [0.4, 0.5) is 5.95 Å². The Morgan fingerprint density at radius 2 is 1.17 bits per heavy atom. The fourth-order valence-electron chi connectivity index (χ4n) is 4.89. The number of nitrogens with one attached hydrogen (secondary N) is 3. The third-order valence-corrected chi connectivity index (χ3v) is 8.71. The van der Waals surface area contributed by atoms with Gasteiger partial charge in [-0.15, -0.1) is 0 Å². The molecular weight excluding hydrogens is 664 g/mol. The van der Waals surface area contributed by atoms with E-state index < -0.39 is 20.0 Å². The summed E-state index contributed by atoms with van der Waals surface area (Å²) in [7, 11) is -6.16. The minimum absolute atomic E-state index is 0.0137. The van der Waals surface area contributed by atoms with E-state index in [1.807, 2.05) is 42.5 Å². The average molecular weight is 703 g/mol. The first-order valence-corrected chi connectivity index (χ1v) is 19.2. The summed E-state index contributed by atoms with van der Waals surface area (Å²) in [5.41, 5.74) is 3.13. The van der Waals surface area contributed by atoms with Gasteiger partial charge in [0.05, 0.1) is 35.3 Å². The second-order valence-corrected chi connectivity index (χ2v) is 14.8. The number of piperidine rings is 2. The van der Waals surface area contributed by atoms with E-state index in [1.165, 1.54) is 12.5 Å². The standard InChI is InChI=1S/C15H19N5O2S.C9H6ClN3.C6H14N2O2S/c1-23(21,22)19-12-6-10-20(11-7-12)15-17-9-5-14(18-15)13-4-2-3-8-16-13;10-9-12-6-4-8(13-9)7-3-1-2-5-11-7;1-11(9,10)8-6-2-4-7-5-3-6/h2-5,8-9,12,19H,6-7,10-11H2,1H3;1-6H;6-8H,2-5H2,1H3. The second-order valence-electron chi connectivity index (χ2n) is 10.9. The van der Waals surface area contributed by atoms with E-state index in [9.17, 15) is 16.8 Å². The smallest absolute Gasteiger partial charge is 0.225 e. The van der Waals surface area contributed by atoms with Crippen molar-refractivity contribution in [1.29, 1.82) is 0 Å². The van der Waals surface area contributed by atoms with Gasteiger partial charge in [-0.3, -0.25) is 9.97 Å². The van der Waals surface area contributed by atoms with Gasteiger partial charge in [0.2, 0.25) is 31.3 Å². The van der Waals surface area contributed by atoms with E-state index in [0.29, 0.717) is 5.95 Å². The van der Waals surface area contributed by atoms with Crippen LogP contribution in [0.5, 0.6) is 0 Å². The molecule has 0 unspecified atom stereocenters. The van der Waals surface area contributed by atoms with Crippen LogP contribution in [-0.4, -0.2) is 97.5 Å². The number of pyridine rings is 2. The van der Waals surface area contributed by atoms with Gasteiger partial charge >= 0.3 is 0 Å². The highest BCUT2D eigenvalue weighted by molar-refractivity contribution is 7.89. The lowest BCUT2D eigenvalue weighted by atomic mass is 10.1. The summed E-state index contributed by atoms with van der Waals surface area (Å²) in [6, 6.07) is 15.1. The molecule has 4 aromatic heterocycles. The molecule has 0 amide bonds. The first-order valence-electron chi connectivity index (χ1n) is 15.0. The predicted molar refractivity (Wildman–Crippen MR) is 183 cm³/mol. The van der Waals surface area contributed by atoms with Crippen LogP contribution in [0, 0.1) is 0 Å². The van der Waals surface area contributed by atoms with E-state index in [0.717, 1.165) is 74.6 Å². The Balaban J connectivity index is 0.000000176. The largest absolute Gasteiger partial charge is 0.341 e. The molecule has 0 aliphatic carbocycles. The molecule has 2 saturated heterocycles. The highest BCUT2D eigenvalue weighted by Gasteiger charge is 2.23. The molecule has 0 aromatic carbocycles. The summed E-state index contributed by atoms with van der Waals surface area (Å²) in [5.74, 6) is 0.658. The van der Waals surface area contributed by atoms with E-state index in [4.69, 9.17) is 11.6 Å². The van der Waals surface area contributed by atoms with Crippen molar-refractivity contribution in [2.75, 3.05) is 43.6 Å². The van der Waals surface area contributed by atoms with Crippen LogP contribution in [0.1, 0.15) is 25.7 Å². The number of hydrogen-bond donors (Lipinski definition) is 3. The van der Waals surface area contributed by atoms with Gasteiger partial charge in [0.15, 0.2) is 0 Å². The summed E-state index contributed by atoms with van der Waals surface area (Å²) < 4.78 is 49.4. The van der Waals surface area contributed by atoms with Crippen molar-refractivity contribution >= 4 is 37.6 Å². The molecule has 2 fully saturated rings. The van der Waals surface area contributed by atoms with Crippen LogP contribution in [0.15, 0.2) is 73.3 Å². The lowest BCUT2D eigenvalue weighted by molar-refractivity contribution is 0.428. The summed E-state index contributed by atoms with van der Waals surface area (Å²) in [6.07, 6.45) is 12.5. The molecule has 0 spiro atoms. The maximum atomic E-state index is 11.3. The average Bonchev–Trinajstić information content (AvgIpc) is 3.06. The minimum atomic E-state index is -3.16. The van der Waals surface area contributed by atoms with Gasteiger partial charge in [-0.05, 0) is 86.8 Å². The van der Waals surface area contributed by atoms with Crippen LogP contribution in [0.3, 0.4) is 0 Å². The minimum Gasteiger partial charge on any atom is -0.341 e. The van der Waals surface area contributed by atoms with E-state index >= 15 is 0 Å². The normalized spacial score (nSPS) is 15.9. The predicted octanol–water partition coefficient (Wildman–Crippen LogP) is 2.54. The number of halogens is 1. The van der Waals surface area contributed by atoms with Crippen LogP contribution >= 0.6 is 11.6 Å². The van der Waals surface area contributed by atoms with E-state index in [2.05, 4.69) is 49.6 Å². The first kappa shape index (κ1) is 36.2. The van der Waals surface area contributed by atoms with Gasteiger partial charge in [0.1, 0.15) is 0 Å². The van der Waals surface area contributed by atoms with Gasteiger partial charge in [-0.2, -0.15) is 0 Å². The third-order valence-electron chi connectivity index (χ3n) is 7.00. The van der Waals surface area contributed by atoms with Crippen molar-refractivity contribution < 1.29 is 16.8 Å². The SMILES string of the molecule is CS(=O)(=O)NC1CCN(c2nccc(-c3ccccn3)n2)CC1.CS(=O)(=O)NC1CCNCC1.Clc1nccc(-c2ccccn2)n1. The zero-order chi connectivity index (χ0) is 33.7. The molecule has 17 heteroatoms. The lowest BCUT2D eigenvalue weighted by Crippen LogP contribution is -2.44. The molecule has 252 valence electrons. The molecule has 0 atom stereocenters. The second kappa shape index (κ2) is 17.5. The Hall–Kier alpha value is -3.67. The third kappa shape index (κ3) is 13.2. The van der Waals surface area contributed by atoms with Crippen molar-refractivity contribution in [1.82, 2.24) is 44.7 Å². The number of rotatable bonds is 7. The maximum Gasteiger partial charge on any atom is 0.225 e. The Kier molecular flexibility index (Phi) is 13.4. The molecule has 0 bridgehead atoms. The van der Waals surface area contributed by atoms with Crippen molar-refractivity contribution in [2.24, 2.45) is 0 Å². The quantitative estimate of drug-likeness (QED) is 0.240. The Morgan fingerprint density at radius 3 is 1.66 bits per heavy atom. The number of sulfonamides is 2. The fraction of sp³-hybridized carbons (Fsp3) is 0.400. The molecule has 4 aromatic rings. The zero-order valence-corrected chi connectivity index (χ0v) is 28.6. The number of anilines is 1. The lowest BCUT2D eigenvalue weighted by Gasteiger charge is -2.32. The molecule has 6 heterocycles. The van der Waals surface area contributed by atoms with E-state index in [1.54, 1.807) is 30.9 Å². The Morgan fingerprint density at radius 1 is 0.660 bits per heavy atom. The van der Waals surface area contributed by atoms with Crippen molar-refractivity contribution in [2.45, 2.75) is 37.8 Å². The number of hydrogen-bond acceptors (Lipinski definition) is 12. The molecular formula is C30H39ClN10O4S2. The van der Waals surface area contributed by atoms with E-state index in [-0.39, 0.29) is 17.4 Å². The van der Waals surface area contributed by atoms with Crippen LogP contribution in [0.25, 0.3) is 22.8 Å². The fourth-order valence-corrected chi connectivity index (χ4v) is 6.72.